The maximum absolute atomic E-state index is 10.7. The molecule has 2 atom stereocenters. The van der Waals surface area contributed by atoms with Gasteiger partial charge in [0.1, 0.15) is 0 Å². The van der Waals surface area contributed by atoms with E-state index in [0.717, 1.165) is 7.11 Å². The Hall–Kier alpha value is -1.30. The van der Waals surface area contributed by atoms with Gasteiger partial charge in [-0.2, -0.15) is 0 Å². The summed E-state index contributed by atoms with van der Waals surface area (Å²) in [5.41, 5.74) is 7.98. The van der Waals surface area contributed by atoms with Gasteiger partial charge >= 0.3 is 5.97 Å². The lowest BCUT2D eigenvalue weighted by atomic mass is 10.2. The predicted molar refractivity (Wildman–Crippen MR) is 38.0 cm³/mol. The van der Waals surface area contributed by atoms with Gasteiger partial charge in [-0.05, 0) is 5.53 Å². The number of carbonyl (C=O) groups is 1. The Bertz CT molecular complexity index is 201. The summed E-state index contributed by atoms with van der Waals surface area (Å²) < 4.78 is 4.21. The summed E-state index contributed by atoms with van der Waals surface area (Å²) in [5, 5.41) is 20.3. The molecule has 0 heterocycles. The number of esters is 1. The highest BCUT2D eigenvalue weighted by Gasteiger charge is 2.25. The number of hydrogen-bond acceptors (Lipinski definition) is 5. The van der Waals surface area contributed by atoms with E-state index in [0.29, 0.717) is 0 Å². The van der Waals surface area contributed by atoms with Crippen LogP contribution < -0.4 is 0 Å². The third-order valence-corrected chi connectivity index (χ3v) is 1.17. The lowest BCUT2D eigenvalue weighted by molar-refractivity contribution is -0.145. The number of methoxy groups -OCH3 is 1. The van der Waals surface area contributed by atoms with Crippen molar-refractivity contribution in [2.45, 2.75) is 12.1 Å². The zero-order valence-electron chi connectivity index (χ0n) is 6.41. The Labute approximate surface area is 68.2 Å². The normalized spacial score (nSPS) is 14.2. The first-order chi connectivity index (χ1) is 5.67. The summed E-state index contributed by atoms with van der Waals surface area (Å²) >= 11 is 0. The second-order valence-corrected chi connectivity index (χ2v) is 1.92. The third-order valence-electron chi connectivity index (χ3n) is 1.17. The molecule has 0 bridgehead atoms. The maximum Gasteiger partial charge on any atom is 0.317 e. The number of ether oxygens (including phenoxy) is 1. The minimum Gasteiger partial charge on any atom is -0.469 e. The summed E-state index contributed by atoms with van der Waals surface area (Å²) in [4.78, 5) is 13.1. The average molecular weight is 175 g/mol. The van der Waals surface area contributed by atoms with Gasteiger partial charge in [0.2, 0.25) is 0 Å². The summed E-state index contributed by atoms with van der Waals surface area (Å²) in [6, 6.07) is -1.38. The van der Waals surface area contributed by atoms with Crippen molar-refractivity contribution < 1.29 is 19.7 Å². The molecule has 0 saturated carbocycles. The van der Waals surface area contributed by atoms with Gasteiger partial charge < -0.3 is 14.9 Å². The molecule has 2 N–H and O–H groups in total. The number of carbonyl (C=O) groups excluding carboxylic acids is 1. The van der Waals surface area contributed by atoms with Crippen LogP contribution in [0.15, 0.2) is 5.11 Å². The fourth-order valence-corrected chi connectivity index (χ4v) is 0.557. The van der Waals surface area contributed by atoms with Crippen molar-refractivity contribution in [3.8, 4) is 0 Å². The molecule has 0 aliphatic carbocycles. The molecule has 0 aromatic rings. The standard InChI is InChI=1S/C5H9N3O4/c1-12-5(11)4(7-8-6)3(10)2-9/h3-4,9-10H,2H2,1H3/t3-,4-/m0/s1. The van der Waals surface area contributed by atoms with Crippen molar-refractivity contribution in [1.29, 1.82) is 0 Å². The van der Waals surface area contributed by atoms with Crippen molar-refractivity contribution in [3.05, 3.63) is 10.4 Å². The van der Waals surface area contributed by atoms with Crippen LogP contribution in [-0.4, -0.2) is 42.0 Å². The minimum atomic E-state index is -1.42. The molecule has 0 rings (SSSR count). The van der Waals surface area contributed by atoms with E-state index in [1.807, 2.05) is 0 Å². The van der Waals surface area contributed by atoms with Gasteiger partial charge in [0, 0.05) is 4.91 Å². The monoisotopic (exact) mass is 175 g/mol. The number of aliphatic hydroxyl groups is 2. The van der Waals surface area contributed by atoms with Crippen LogP contribution in [0.2, 0.25) is 0 Å². The van der Waals surface area contributed by atoms with Crippen LogP contribution in [0.5, 0.6) is 0 Å². The molecule has 0 fully saturated rings. The van der Waals surface area contributed by atoms with Crippen LogP contribution in [0.1, 0.15) is 0 Å². The summed E-state index contributed by atoms with van der Waals surface area (Å²) in [5.74, 6) is -0.880. The van der Waals surface area contributed by atoms with Gasteiger partial charge in [-0.25, -0.2) is 0 Å². The first-order valence-corrected chi connectivity index (χ1v) is 3.08. The first kappa shape index (κ1) is 10.7. The zero-order valence-corrected chi connectivity index (χ0v) is 6.41. The maximum atomic E-state index is 10.7. The van der Waals surface area contributed by atoms with Gasteiger partial charge in [-0.1, -0.05) is 5.11 Å². The van der Waals surface area contributed by atoms with E-state index in [1.165, 1.54) is 0 Å². The number of aliphatic hydroxyl groups excluding tert-OH is 2. The van der Waals surface area contributed by atoms with Gasteiger partial charge in [-0.15, -0.1) is 0 Å². The first-order valence-electron chi connectivity index (χ1n) is 3.08. The molecule has 68 valence electrons. The summed E-state index contributed by atoms with van der Waals surface area (Å²) in [6.45, 7) is -0.668. The van der Waals surface area contributed by atoms with Crippen LogP contribution in [0, 0.1) is 0 Å². The highest BCUT2D eigenvalue weighted by Crippen LogP contribution is 2.01. The van der Waals surface area contributed by atoms with Crippen LogP contribution in [0.3, 0.4) is 0 Å². The summed E-state index contributed by atoms with van der Waals surface area (Å²) in [6.07, 6.45) is -1.42. The topological polar surface area (TPSA) is 116 Å². The molecule has 7 heteroatoms. The van der Waals surface area contributed by atoms with E-state index >= 15 is 0 Å². The molecule has 12 heavy (non-hydrogen) atoms. The van der Waals surface area contributed by atoms with E-state index in [-0.39, 0.29) is 0 Å². The van der Waals surface area contributed by atoms with Gasteiger partial charge in [0.15, 0.2) is 6.04 Å². The largest absolute Gasteiger partial charge is 0.469 e. The zero-order chi connectivity index (χ0) is 9.56. The molecule has 0 radical (unpaired) electrons. The molecule has 0 aliphatic heterocycles. The Morgan fingerprint density at radius 2 is 2.42 bits per heavy atom. The predicted octanol–water partition coefficient (Wildman–Crippen LogP) is -0.809. The quantitative estimate of drug-likeness (QED) is 0.251. The Morgan fingerprint density at radius 1 is 1.83 bits per heavy atom. The Balaban J connectivity index is 4.42. The fraction of sp³-hybridized carbons (Fsp3) is 0.800. The second kappa shape index (κ2) is 5.36. The van der Waals surface area contributed by atoms with Gasteiger partial charge in [0.25, 0.3) is 0 Å². The van der Waals surface area contributed by atoms with E-state index < -0.39 is 24.7 Å². The smallest absolute Gasteiger partial charge is 0.317 e. The molecule has 0 aromatic carbocycles. The van der Waals surface area contributed by atoms with Crippen LogP contribution in [0.25, 0.3) is 10.4 Å². The molecule has 0 spiro atoms. The molecule has 0 amide bonds. The molecule has 0 unspecified atom stereocenters. The fourth-order valence-electron chi connectivity index (χ4n) is 0.557. The highest BCUT2D eigenvalue weighted by molar-refractivity contribution is 5.76. The van der Waals surface area contributed by atoms with E-state index in [4.69, 9.17) is 15.7 Å². The number of rotatable bonds is 4. The number of azide groups is 1. The van der Waals surface area contributed by atoms with Crippen LogP contribution >= 0.6 is 0 Å². The SMILES string of the molecule is COC(=O)[C@@H](N=[N+]=[N-])[C@@H](O)CO. The van der Waals surface area contributed by atoms with Crippen molar-refractivity contribution in [3.63, 3.8) is 0 Å². The Morgan fingerprint density at radius 3 is 2.75 bits per heavy atom. The minimum absolute atomic E-state index is 0.668. The molecule has 0 aromatic heterocycles. The Kier molecular flexibility index (Phi) is 4.78. The van der Waals surface area contributed by atoms with E-state index in [1.54, 1.807) is 0 Å². The van der Waals surface area contributed by atoms with E-state index in [2.05, 4.69) is 14.8 Å². The van der Waals surface area contributed by atoms with E-state index in [9.17, 15) is 4.79 Å². The number of nitrogens with zero attached hydrogens (tertiary/aromatic N) is 3. The average Bonchev–Trinajstić information content (AvgIpc) is 2.11. The summed E-state index contributed by atoms with van der Waals surface area (Å²) in [7, 11) is 1.09. The van der Waals surface area contributed by atoms with Gasteiger partial charge in [0.05, 0.1) is 19.8 Å². The lowest BCUT2D eigenvalue weighted by Crippen LogP contribution is -2.35. The highest BCUT2D eigenvalue weighted by atomic mass is 16.5. The van der Waals surface area contributed by atoms with Crippen molar-refractivity contribution in [2.24, 2.45) is 5.11 Å². The third kappa shape index (κ3) is 2.75. The molecular formula is C5H9N3O4. The van der Waals surface area contributed by atoms with Crippen LogP contribution in [0.4, 0.5) is 0 Å². The molecule has 0 saturated heterocycles. The molecule has 0 aliphatic rings. The lowest BCUT2D eigenvalue weighted by Gasteiger charge is -2.12. The number of hydrogen-bond donors (Lipinski definition) is 2. The van der Waals surface area contributed by atoms with Crippen LogP contribution in [-0.2, 0) is 9.53 Å². The molecular weight excluding hydrogens is 166 g/mol. The van der Waals surface area contributed by atoms with Crippen molar-refractivity contribution in [2.75, 3.05) is 13.7 Å². The van der Waals surface area contributed by atoms with Crippen molar-refractivity contribution in [1.82, 2.24) is 0 Å². The molecule has 7 nitrogen and oxygen atoms in total. The second-order valence-electron chi connectivity index (χ2n) is 1.92. The van der Waals surface area contributed by atoms with Crippen molar-refractivity contribution >= 4 is 5.97 Å². The van der Waals surface area contributed by atoms with Gasteiger partial charge in [-0.3, -0.25) is 4.79 Å².